The summed E-state index contributed by atoms with van der Waals surface area (Å²) in [5.74, 6) is 0.574. The lowest BCUT2D eigenvalue weighted by atomic mass is 10.1. The van der Waals surface area contributed by atoms with Gasteiger partial charge in [0.05, 0.1) is 11.4 Å². The highest BCUT2D eigenvalue weighted by atomic mass is 32.2. The van der Waals surface area contributed by atoms with E-state index in [1.165, 1.54) is 19.9 Å². The molecule has 0 bridgehead atoms. The van der Waals surface area contributed by atoms with Crippen LogP contribution in [0.1, 0.15) is 13.3 Å². The molecule has 4 heterocycles. The van der Waals surface area contributed by atoms with Crippen LogP contribution in [0, 0.1) is 0 Å². The Labute approximate surface area is 201 Å². The Morgan fingerprint density at radius 2 is 2.03 bits per heavy atom. The second-order valence-electron chi connectivity index (χ2n) is 7.86. The SMILES string of the molecule is CCN1CCCN(CCNc2nccc(-c3c(-c4cccc(O)c4)nc4sccn34)n2)S1(=O)=O. The predicted octanol–water partition coefficient (Wildman–Crippen LogP) is 2.91. The summed E-state index contributed by atoms with van der Waals surface area (Å²) in [5, 5.41) is 15.1. The van der Waals surface area contributed by atoms with Crippen molar-refractivity contribution < 1.29 is 13.5 Å². The summed E-state index contributed by atoms with van der Waals surface area (Å²) < 4.78 is 30.3. The van der Waals surface area contributed by atoms with Crippen molar-refractivity contribution >= 4 is 32.5 Å². The molecule has 0 saturated carbocycles. The number of benzene rings is 1. The average molecular weight is 500 g/mol. The van der Waals surface area contributed by atoms with Crippen molar-refractivity contribution in [1.29, 1.82) is 0 Å². The molecule has 0 aliphatic carbocycles. The van der Waals surface area contributed by atoms with Crippen molar-refractivity contribution in [1.82, 2.24) is 28.0 Å². The number of aromatic hydroxyl groups is 1. The van der Waals surface area contributed by atoms with E-state index in [1.54, 1.807) is 24.4 Å². The second kappa shape index (κ2) is 9.29. The van der Waals surface area contributed by atoms with Gasteiger partial charge in [0.25, 0.3) is 10.2 Å². The number of phenolic OH excluding ortho intramolecular Hbond substituents is 1. The quantitative estimate of drug-likeness (QED) is 0.402. The number of nitrogens with zero attached hydrogens (tertiary/aromatic N) is 6. The Kier molecular flexibility index (Phi) is 6.21. The number of fused-ring (bicyclic) bond motifs is 1. The fourth-order valence-electron chi connectivity index (χ4n) is 4.12. The van der Waals surface area contributed by atoms with Gasteiger partial charge in [0.1, 0.15) is 11.4 Å². The Balaban J connectivity index is 1.39. The van der Waals surface area contributed by atoms with Gasteiger partial charge in [-0.3, -0.25) is 4.40 Å². The lowest BCUT2D eigenvalue weighted by Crippen LogP contribution is -2.50. The van der Waals surface area contributed by atoms with Gasteiger partial charge in [-0.25, -0.2) is 15.0 Å². The largest absolute Gasteiger partial charge is 0.508 e. The number of anilines is 1. The van der Waals surface area contributed by atoms with Gasteiger partial charge in [-0.05, 0) is 24.6 Å². The number of phenols is 1. The minimum atomic E-state index is -3.42. The number of hydrogen-bond acceptors (Lipinski definition) is 8. The van der Waals surface area contributed by atoms with Crippen LogP contribution >= 0.6 is 11.3 Å². The molecule has 178 valence electrons. The van der Waals surface area contributed by atoms with Crippen LogP contribution in [0.5, 0.6) is 5.75 Å². The average Bonchev–Trinajstić information content (AvgIpc) is 3.41. The van der Waals surface area contributed by atoms with Crippen molar-refractivity contribution in [2.75, 3.05) is 38.0 Å². The van der Waals surface area contributed by atoms with Crippen LogP contribution < -0.4 is 5.32 Å². The Bertz CT molecular complexity index is 1420. The molecule has 5 rings (SSSR count). The van der Waals surface area contributed by atoms with Crippen molar-refractivity contribution in [2.45, 2.75) is 13.3 Å². The minimum absolute atomic E-state index is 0.166. The van der Waals surface area contributed by atoms with Crippen LogP contribution in [-0.4, -0.2) is 74.2 Å². The van der Waals surface area contributed by atoms with Gasteiger partial charge in [0, 0.05) is 56.1 Å². The number of aromatic nitrogens is 4. The first-order chi connectivity index (χ1) is 16.5. The first-order valence-electron chi connectivity index (χ1n) is 11.0. The molecule has 0 unspecified atom stereocenters. The molecule has 0 atom stereocenters. The zero-order valence-electron chi connectivity index (χ0n) is 18.6. The molecule has 34 heavy (non-hydrogen) atoms. The van der Waals surface area contributed by atoms with Gasteiger partial charge in [-0.1, -0.05) is 19.1 Å². The normalized spacial score (nSPS) is 16.7. The van der Waals surface area contributed by atoms with Crippen molar-refractivity contribution in [3.05, 3.63) is 48.1 Å². The minimum Gasteiger partial charge on any atom is -0.508 e. The van der Waals surface area contributed by atoms with Crippen LogP contribution in [0.15, 0.2) is 48.1 Å². The third-order valence-electron chi connectivity index (χ3n) is 5.74. The van der Waals surface area contributed by atoms with E-state index in [9.17, 15) is 13.5 Å². The Morgan fingerprint density at radius 1 is 1.18 bits per heavy atom. The predicted molar refractivity (Wildman–Crippen MR) is 132 cm³/mol. The molecule has 0 amide bonds. The van der Waals surface area contributed by atoms with Gasteiger partial charge in [-0.15, -0.1) is 11.3 Å². The topological polar surface area (TPSA) is 116 Å². The van der Waals surface area contributed by atoms with Crippen LogP contribution in [0.4, 0.5) is 5.95 Å². The van der Waals surface area contributed by atoms with E-state index in [0.717, 1.165) is 22.6 Å². The standard InChI is InChI=1S/C22H25N7O3S2/c1-2-27-10-4-11-28(34(27,31)32)12-9-24-21-23-8-7-18(25-21)20-19(16-5-3-6-17(30)15-16)26-22-29(20)13-14-33-22/h3,5-8,13-15,30H,2,4,9-12H2,1H3,(H,23,24,25). The zero-order chi connectivity index (χ0) is 23.7. The first kappa shape index (κ1) is 22.7. The third kappa shape index (κ3) is 4.25. The molecule has 1 saturated heterocycles. The second-order valence-corrected chi connectivity index (χ2v) is 10.7. The highest BCUT2D eigenvalue weighted by Gasteiger charge is 2.31. The summed E-state index contributed by atoms with van der Waals surface area (Å²) in [7, 11) is -3.42. The van der Waals surface area contributed by atoms with Crippen molar-refractivity contribution in [3.8, 4) is 28.4 Å². The van der Waals surface area contributed by atoms with E-state index >= 15 is 0 Å². The van der Waals surface area contributed by atoms with Crippen molar-refractivity contribution in [3.63, 3.8) is 0 Å². The van der Waals surface area contributed by atoms with E-state index in [1.807, 2.05) is 35.0 Å². The lowest BCUT2D eigenvalue weighted by molar-refractivity contribution is 0.295. The Hall–Kier alpha value is -3.06. The summed E-state index contributed by atoms with van der Waals surface area (Å²) in [4.78, 5) is 14.6. The number of hydrogen-bond donors (Lipinski definition) is 2. The molecule has 2 N–H and O–H groups in total. The summed E-state index contributed by atoms with van der Waals surface area (Å²) in [6, 6.07) is 8.79. The summed E-state index contributed by atoms with van der Waals surface area (Å²) in [6.45, 7) is 4.13. The van der Waals surface area contributed by atoms with E-state index < -0.39 is 10.2 Å². The number of nitrogens with one attached hydrogen (secondary N) is 1. The molecular formula is C22H25N7O3S2. The molecule has 1 aromatic carbocycles. The molecule has 0 spiro atoms. The highest BCUT2D eigenvalue weighted by Crippen LogP contribution is 2.34. The molecule has 0 radical (unpaired) electrons. The van der Waals surface area contributed by atoms with Gasteiger partial charge < -0.3 is 10.4 Å². The summed E-state index contributed by atoms with van der Waals surface area (Å²) >= 11 is 1.52. The Morgan fingerprint density at radius 3 is 2.85 bits per heavy atom. The number of thiazole rings is 1. The van der Waals surface area contributed by atoms with Crippen LogP contribution in [0.3, 0.4) is 0 Å². The van der Waals surface area contributed by atoms with Gasteiger partial charge >= 0.3 is 0 Å². The maximum atomic E-state index is 12.7. The van der Waals surface area contributed by atoms with E-state index in [4.69, 9.17) is 4.98 Å². The van der Waals surface area contributed by atoms with Crippen LogP contribution in [0.2, 0.25) is 0 Å². The monoisotopic (exact) mass is 499 g/mol. The van der Waals surface area contributed by atoms with Gasteiger partial charge in [-0.2, -0.15) is 17.0 Å². The van der Waals surface area contributed by atoms with Crippen LogP contribution in [0.25, 0.3) is 27.6 Å². The smallest absolute Gasteiger partial charge is 0.282 e. The van der Waals surface area contributed by atoms with E-state index in [2.05, 4.69) is 15.3 Å². The number of rotatable bonds is 7. The maximum absolute atomic E-state index is 12.7. The molecule has 1 fully saturated rings. The van der Waals surface area contributed by atoms with E-state index in [-0.39, 0.29) is 5.75 Å². The highest BCUT2D eigenvalue weighted by molar-refractivity contribution is 7.86. The van der Waals surface area contributed by atoms with Crippen molar-refractivity contribution in [2.24, 2.45) is 0 Å². The van der Waals surface area contributed by atoms with Gasteiger partial charge in [0.15, 0.2) is 4.96 Å². The molecule has 4 aromatic rings. The fourth-order valence-corrected chi connectivity index (χ4v) is 6.53. The van der Waals surface area contributed by atoms with Crippen LogP contribution in [-0.2, 0) is 10.2 Å². The third-order valence-corrected chi connectivity index (χ3v) is 8.61. The first-order valence-corrected chi connectivity index (χ1v) is 13.3. The lowest BCUT2D eigenvalue weighted by Gasteiger charge is -2.33. The molecule has 1 aliphatic heterocycles. The van der Waals surface area contributed by atoms with Gasteiger partial charge in [0.2, 0.25) is 5.95 Å². The molecular weight excluding hydrogens is 474 g/mol. The maximum Gasteiger partial charge on any atom is 0.282 e. The summed E-state index contributed by atoms with van der Waals surface area (Å²) in [6.07, 6.45) is 4.42. The molecule has 3 aromatic heterocycles. The summed E-state index contributed by atoms with van der Waals surface area (Å²) in [5.41, 5.74) is 2.97. The number of imidazole rings is 1. The fraction of sp³-hybridized carbons (Fsp3) is 0.318. The zero-order valence-corrected chi connectivity index (χ0v) is 20.3. The molecule has 12 heteroatoms. The molecule has 10 nitrogen and oxygen atoms in total. The van der Waals surface area contributed by atoms with E-state index in [0.29, 0.717) is 50.1 Å². The molecule has 1 aliphatic rings.